The molecular formula is C18H19FIN3O3. The van der Waals surface area contributed by atoms with Crippen molar-refractivity contribution in [1.29, 1.82) is 0 Å². The van der Waals surface area contributed by atoms with Crippen molar-refractivity contribution in [3.8, 4) is 0 Å². The van der Waals surface area contributed by atoms with E-state index in [1.165, 1.54) is 24.5 Å². The van der Waals surface area contributed by atoms with Gasteiger partial charge < -0.3 is 20.8 Å². The van der Waals surface area contributed by atoms with Crippen molar-refractivity contribution in [3.05, 3.63) is 51.6 Å². The quantitative estimate of drug-likeness (QED) is 0.515. The molecule has 6 nitrogen and oxygen atoms in total. The molecule has 4 N–H and O–H groups in total. The van der Waals surface area contributed by atoms with Crippen LogP contribution in [0.3, 0.4) is 0 Å². The van der Waals surface area contributed by atoms with Crippen molar-refractivity contribution in [2.75, 3.05) is 5.32 Å². The Morgan fingerprint density at radius 2 is 2.04 bits per heavy atom. The number of anilines is 2. The van der Waals surface area contributed by atoms with Gasteiger partial charge in [-0.25, -0.2) is 4.39 Å². The second-order valence-electron chi connectivity index (χ2n) is 6.24. The number of carbonyl (C=O) groups is 1. The molecule has 26 heavy (non-hydrogen) atoms. The molecule has 1 fully saturated rings. The third-order valence-corrected chi connectivity index (χ3v) is 5.08. The highest BCUT2D eigenvalue weighted by Crippen LogP contribution is 2.25. The second-order valence-corrected chi connectivity index (χ2v) is 7.48. The van der Waals surface area contributed by atoms with E-state index in [-0.39, 0.29) is 11.3 Å². The zero-order chi connectivity index (χ0) is 18.7. The van der Waals surface area contributed by atoms with Gasteiger partial charge in [-0.2, -0.15) is 0 Å². The number of aromatic nitrogens is 1. The van der Waals surface area contributed by atoms with Crippen LogP contribution in [0.4, 0.5) is 15.8 Å². The van der Waals surface area contributed by atoms with Crippen molar-refractivity contribution in [3.63, 3.8) is 0 Å². The topological polar surface area (TPSA) is 94.5 Å². The number of pyridine rings is 1. The van der Waals surface area contributed by atoms with Gasteiger partial charge in [0.25, 0.3) is 5.91 Å². The summed E-state index contributed by atoms with van der Waals surface area (Å²) in [5.74, 6) is -0.850. The molecule has 1 saturated carbocycles. The summed E-state index contributed by atoms with van der Waals surface area (Å²) in [5.41, 5.74) is 0.877. The van der Waals surface area contributed by atoms with E-state index in [1.54, 1.807) is 12.1 Å². The van der Waals surface area contributed by atoms with Crippen LogP contribution >= 0.6 is 22.6 Å². The first kappa shape index (κ1) is 19.0. The molecule has 0 spiro atoms. The van der Waals surface area contributed by atoms with Crippen LogP contribution < -0.4 is 10.6 Å². The third kappa shape index (κ3) is 4.30. The van der Waals surface area contributed by atoms with E-state index in [4.69, 9.17) is 0 Å². The average molecular weight is 471 g/mol. The number of halogens is 2. The van der Waals surface area contributed by atoms with Gasteiger partial charge in [0.1, 0.15) is 5.82 Å². The lowest BCUT2D eigenvalue weighted by Crippen LogP contribution is -2.51. The van der Waals surface area contributed by atoms with Gasteiger partial charge >= 0.3 is 0 Å². The van der Waals surface area contributed by atoms with Gasteiger partial charge in [0, 0.05) is 9.77 Å². The van der Waals surface area contributed by atoms with Crippen molar-refractivity contribution in [2.24, 2.45) is 0 Å². The lowest BCUT2D eigenvalue weighted by atomic mass is 9.90. The summed E-state index contributed by atoms with van der Waals surface area (Å²) in [6.45, 7) is 0. The minimum absolute atomic E-state index is 0.237. The SMILES string of the molecule is O=C(N[C@H]1CCCC(O)[C@@H]1O)c1ccncc1Nc1ccc(I)cc1F. The highest BCUT2D eigenvalue weighted by Gasteiger charge is 2.32. The molecule has 0 aliphatic heterocycles. The van der Waals surface area contributed by atoms with Gasteiger partial charge in [0.15, 0.2) is 0 Å². The largest absolute Gasteiger partial charge is 0.390 e. The molecule has 1 aromatic heterocycles. The van der Waals surface area contributed by atoms with Gasteiger partial charge in [-0.05, 0) is 66.1 Å². The smallest absolute Gasteiger partial charge is 0.253 e. The van der Waals surface area contributed by atoms with E-state index >= 15 is 0 Å². The maximum absolute atomic E-state index is 14.1. The number of amides is 1. The molecule has 3 atom stereocenters. The molecular weight excluding hydrogens is 452 g/mol. The van der Waals surface area contributed by atoms with Gasteiger partial charge in [-0.3, -0.25) is 9.78 Å². The number of carbonyl (C=O) groups excluding carboxylic acids is 1. The molecule has 1 aromatic carbocycles. The number of hydrogen-bond acceptors (Lipinski definition) is 5. The normalized spacial score (nSPS) is 22.7. The summed E-state index contributed by atoms with van der Waals surface area (Å²) in [6, 6.07) is 5.73. The standard InChI is InChI=1S/C18H19FIN3O3/c19-12-8-10(20)4-5-13(12)22-15-9-21-7-6-11(15)18(26)23-14-2-1-3-16(24)17(14)25/h4-9,14,16-17,22,24-25H,1-3H2,(H,23,26)/t14-,16?,17+/m0/s1. The fraction of sp³-hybridized carbons (Fsp3) is 0.333. The first-order valence-corrected chi connectivity index (χ1v) is 9.36. The summed E-state index contributed by atoms with van der Waals surface area (Å²) in [4.78, 5) is 16.6. The number of benzene rings is 1. The Morgan fingerprint density at radius 1 is 1.23 bits per heavy atom. The van der Waals surface area contributed by atoms with Crippen LogP contribution in [-0.2, 0) is 0 Å². The van der Waals surface area contributed by atoms with Crippen molar-refractivity contribution >= 4 is 39.9 Å². The molecule has 1 aliphatic carbocycles. The maximum Gasteiger partial charge on any atom is 0.253 e. The minimum Gasteiger partial charge on any atom is -0.390 e. The van der Waals surface area contributed by atoms with Gasteiger partial charge in [0.2, 0.25) is 0 Å². The highest BCUT2D eigenvalue weighted by atomic mass is 127. The molecule has 1 amide bonds. The number of aliphatic hydroxyl groups is 2. The van der Waals surface area contributed by atoms with E-state index < -0.39 is 30.0 Å². The fourth-order valence-corrected chi connectivity index (χ4v) is 3.44. The lowest BCUT2D eigenvalue weighted by Gasteiger charge is -2.32. The van der Waals surface area contributed by atoms with Gasteiger partial charge in [-0.15, -0.1) is 0 Å². The average Bonchev–Trinajstić information content (AvgIpc) is 2.62. The molecule has 1 heterocycles. The molecule has 1 aliphatic rings. The molecule has 8 heteroatoms. The minimum atomic E-state index is -1.00. The molecule has 0 saturated heterocycles. The monoisotopic (exact) mass is 471 g/mol. The highest BCUT2D eigenvalue weighted by molar-refractivity contribution is 14.1. The van der Waals surface area contributed by atoms with E-state index in [9.17, 15) is 19.4 Å². The number of hydrogen-bond donors (Lipinski definition) is 4. The van der Waals surface area contributed by atoms with E-state index in [2.05, 4.69) is 15.6 Å². The molecule has 1 unspecified atom stereocenters. The molecule has 0 bridgehead atoms. The zero-order valence-electron chi connectivity index (χ0n) is 13.8. The third-order valence-electron chi connectivity index (χ3n) is 4.40. The predicted molar refractivity (Wildman–Crippen MR) is 104 cm³/mol. The molecule has 138 valence electrons. The van der Waals surface area contributed by atoms with Crippen LogP contribution in [0.2, 0.25) is 0 Å². The summed E-state index contributed by atoms with van der Waals surface area (Å²) in [5, 5.41) is 25.5. The Kier molecular flexibility index (Phi) is 6.05. The van der Waals surface area contributed by atoms with Crippen molar-refractivity contribution < 1.29 is 19.4 Å². The molecule has 0 radical (unpaired) electrons. The first-order valence-electron chi connectivity index (χ1n) is 8.29. The Balaban J connectivity index is 1.79. The van der Waals surface area contributed by atoms with E-state index in [0.717, 1.165) is 9.99 Å². The Bertz CT molecular complexity index is 805. The fourth-order valence-electron chi connectivity index (χ4n) is 2.99. The second kappa shape index (κ2) is 8.28. The van der Waals surface area contributed by atoms with Crippen LogP contribution in [0.5, 0.6) is 0 Å². The van der Waals surface area contributed by atoms with Crippen LogP contribution in [-0.4, -0.2) is 39.4 Å². The number of nitrogens with one attached hydrogen (secondary N) is 2. The summed E-state index contributed by atoms with van der Waals surface area (Å²) >= 11 is 2.02. The number of aliphatic hydroxyl groups excluding tert-OH is 2. The van der Waals surface area contributed by atoms with Crippen molar-refractivity contribution in [2.45, 2.75) is 37.5 Å². The molecule has 3 rings (SSSR count). The van der Waals surface area contributed by atoms with Crippen molar-refractivity contribution in [1.82, 2.24) is 10.3 Å². The summed E-state index contributed by atoms with van der Waals surface area (Å²) in [7, 11) is 0. The lowest BCUT2D eigenvalue weighted by molar-refractivity contribution is -0.0277. The predicted octanol–water partition coefficient (Wildman–Crippen LogP) is 2.57. The zero-order valence-corrected chi connectivity index (χ0v) is 16.0. The Labute approximate surface area is 164 Å². The van der Waals surface area contributed by atoms with Crippen LogP contribution in [0.15, 0.2) is 36.7 Å². The Morgan fingerprint density at radius 3 is 2.81 bits per heavy atom. The van der Waals surface area contributed by atoms with Gasteiger partial charge in [-0.1, -0.05) is 0 Å². The summed E-state index contributed by atoms with van der Waals surface area (Å²) in [6.07, 6.45) is 2.89. The summed E-state index contributed by atoms with van der Waals surface area (Å²) < 4.78 is 14.9. The van der Waals surface area contributed by atoms with E-state index in [0.29, 0.717) is 18.5 Å². The van der Waals surface area contributed by atoms with Crippen LogP contribution in [0, 0.1) is 9.39 Å². The molecule has 2 aromatic rings. The van der Waals surface area contributed by atoms with Crippen LogP contribution in [0.1, 0.15) is 29.6 Å². The van der Waals surface area contributed by atoms with Gasteiger partial charge in [0.05, 0.1) is 41.4 Å². The number of rotatable bonds is 4. The van der Waals surface area contributed by atoms with E-state index in [1.807, 2.05) is 22.6 Å². The number of nitrogens with zero attached hydrogens (tertiary/aromatic N) is 1. The first-order chi connectivity index (χ1) is 12.5. The maximum atomic E-state index is 14.1. The Hall–Kier alpha value is -1.78. The van der Waals surface area contributed by atoms with Crippen LogP contribution in [0.25, 0.3) is 0 Å².